The first-order valence-corrected chi connectivity index (χ1v) is 14.0. The van der Waals surface area contributed by atoms with E-state index in [2.05, 4.69) is 61.3 Å². The van der Waals surface area contributed by atoms with E-state index >= 15 is 0 Å². The number of hydrogen-bond acceptors (Lipinski definition) is 4. The van der Waals surface area contributed by atoms with Gasteiger partial charge in [-0.05, 0) is 10.6 Å². The third kappa shape index (κ3) is 7.46. The molecule has 0 aliphatic carbocycles. The van der Waals surface area contributed by atoms with Crippen LogP contribution in [-0.2, 0) is 25.6 Å². The molecule has 9 heteroatoms. The summed E-state index contributed by atoms with van der Waals surface area (Å²) < 4.78 is 0. The van der Waals surface area contributed by atoms with Crippen LogP contribution in [0.2, 0.25) is 18.1 Å². The van der Waals surface area contributed by atoms with Gasteiger partial charge < -0.3 is 21.7 Å². The Kier molecular flexibility index (Phi) is 8.44. The topological polar surface area (TPSA) is 130 Å². The Hall–Kier alpha value is -3.12. The number of carbonyl (C=O) groups excluding carboxylic acids is 4. The monoisotopic (exact) mass is 470 g/mol. The lowest BCUT2D eigenvalue weighted by molar-refractivity contribution is -0.138. The second-order valence-corrected chi connectivity index (χ2v) is 14.9. The van der Waals surface area contributed by atoms with E-state index in [1.165, 1.54) is 0 Å². The molecule has 1 aliphatic heterocycles. The zero-order chi connectivity index (χ0) is 24.8. The van der Waals surface area contributed by atoms with Crippen molar-refractivity contribution in [2.45, 2.75) is 76.3 Å². The molecule has 33 heavy (non-hydrogen) atoms. The van der Waals surface area contributed by atoms with E-state index in [0.29, 0.717) is 6.42 Å². The third-order valence-electron chi connectivity index (χ3n) is 6.20. The van der Waals surface area contributed by atoms with Crippen LogP contribution in [0.25, 0.3) is 0 Å². The fourth-order valence-electron chi connectivity index (χ4n) is 3.04. The van der Waals surface area contributed by atoms with Crippen molar-refractivity contribution in [3.05, 3.63) is 35.9 Å². The highest BCUT2D eigenvalue weighted by Crippen LogP contribution is 2.35. The Balaban J connectivity index is 1.93. The smallest absolute Gasteiger partial charge is 0.243 e. The molecule has 1 fully saturated rings. The van der Waals surface area contributed by atoms with Gasteiger partial charge >= 0.3 is 0 Å². The summed E-state index contributed by atoms with van der Waals surface area (Å²) in [5.74, 6) is 0.950. The van der Waals surface area contributed by atoms with Gasteiger partial charge in [0.15, 0.2) is 0 Å². The van der Waals surface area contributed by atoms with Gasteiger partial charge in [0.2, 0.25) is 23.6 Å². The van der Waals surface area contributed by atoms with Crippen LogP contribution in [0, 0.1) is 11.5 Å². The molecule has 1 heterocycles. The van der Waals surface area contributed by atoms with Crippen LogP contribution in [0.15, 0.2) is 30.3 Å². The van der Waals surface area contributed by atoms with Gasteiger partial charge in [-0.25, -0.2) is 0 Å². The molecule has 0 unspecified atom stereocenters. The van der Waals surface area contributed by atoms with E-state index in [4.69, 9.17) is 5.73 Å². The molecule has 1 aromatic rings. The molecule has 0 aromatic heterocycles. The van der Waals surface area contributed by atoms with Gasteiger partial charge in [-0.2, -0.15) is 0 Å². The van der Waals surface area contributed by atoms with Gasteiger partial charge in [-0.1, -0.05) is 64.2 Å². The zero-order valence-electron chi connectivity index (χ0n) is 20.0. The lowest BCUT2D eigenvalue weighted by atomic mass is 10.0. The molecular weight excluding hydrogens is 436 g/mol. The summed E-state index contributed by atoms with van der Waals surface area (Å²) >= 11 is 0. The minimum absolute atomic E-state index is 0.0659. The fourth-order valence-corrected chi connectivity index (χ4v) is 3.95. The number of amides is 4. The maximum absolute atomic E-state index is 12.5. The third-order valence-corrected chi connectivity index (χ3v) is 10.8. The molecule has 0 saturated carbocycles. The van der Waals surface area contributed by atoms with Crippen LogP contribution in [0.3, 0.4) is 0 Å². The molecule has 3 atom stereocenters. The molecule has 1 aliphatic rings. The number of primary amides is 1. The summed E-state index contributed by atoms with van der Waals surface area (Å²) in [5, 5.41) is 7.88. The SMILES string of the molecule is CC(C)(C)[Si](C)(C)C#CC[C@@H](NC(=O)C[C@@H]1NC(=O)[C@H](Cc2ccccc2)NC1=O)C(N)=O. The fraction of sp³-hybridized carbons (Fsp3) is 0.500. The van der Waals surface area contributed by atoms with E-state index < -0.39 is 43.9 Å². The van der Waals surface area contributed by atoms with Crippen LogP contribution < -0.4 is 21.7 Å². The Morgan fingerprint density at radius 2 is 1.67 bits per heavy atom. The molecule has 2 rings (SSSR count). The van der Waals surface area contributed by atoms with Gasteiger partial charge in [-0.15, -0.1) is 11.5 Å². The molecule has 4 amide bonds. The molecular formula is C24H34N4O4Si. The van der Waals surface area contributed by atoms with Gasteiger partial charge in [0.25, 0.3) is 0 Å². The number of benzene rings is 1. The first-order valence-electron chi connectivity index (χ1n) is 11.0. The van der Waals surface area contributed by atoms with Gasteiger partial charge in [0.1, 0.15) is 26.2 Å². The first-order chi connectivity index (χ1) is 15.3. The number of hydrogen-bond donors (Lipinski definition) is 4. The Morgan fingerprint density at radius 3 is 2.24 bits per heavy atom. The number of nitrogens with one attached hydrogen (secondary N) is 3. The van der Waals surface area contributed by atoms with Gasteiger partial charge in [0, 0.05) is 12.8 Å². The summed E-state index contributed by atoms with van der Waals surface area (Å²) in [6.07, 6.45) is 0.152. The molecule has 0 spiro atoms. The Morgan fingerprint density at radius 1 is 1.09 bits per heavy atom. The summed E-state index contributed by atoms with van der Waals surface area (Å²) in [6, 6.07) is 6.64. The van der Waals surface area contributed by atoms with Crippen molar-refractivity contribution >= 4 is 31.7 Å². The molecule has 1 aromatic carbocycles. The van der Waals surface area contributed by atoms with Crippen molar-refractivity contribution in [2.24, 2.45) is 5.73 Å². The molecule has 5 N–H and O–H groups in total. The van der Waals surface area contributed by atoms with Crippen molar-refractivity contribution in [2.75, 3.05) is 0 Å². The van der Waals surface area contributed by atoms with Crippen molar-refractivity contribution in [1.29, 1.82) is 0 Å². The van der Waals surface area contributed by atoms with Crippen molar-refractivity contribution in [3.8, 4) is 11.5 Å². The highest BCUT2D eigenvalue weighted by molar-refractivity contribution is 6.87. The van der Waals surface area contributed by atoms with Crippen LogP contribution in [0.5, 0.6) is 0 Å². The van der Waals surface area contributed by atoms with Crippen LogP contribution in [-0.4, -0.2) is 49.8 Å². The quantitative estimate of drug-likeness (QED) is 0.350. The molecule has 8 nitrogen and oxygen atoms in total. The minimum Gasteiger partial charge on any atom is -0.368 e. The number of piperazine rings is 1. The predicted molar refractivity (Wildman–Crippen MR) is 129 cm³/mol. The highest BCUT2D eigenvalue weighted by atomic mass is 28.3. The number of carbonyl (C=O) groups is 4. The zero-order valence-corrected chi connectivity index (χ0v) is 21.0. The predicted octanol–water partition coefficient (Wildman–Crippen LogP) is 1.01. The number of rotatable bonds is 7. The van der Waals surface area contributed by atoms with Crippen LogP contribution >= 0.6 is 0 Å². The normalized spacial score (nSPS) is 19.4. The summed E-state index contributed by atoms with van der Waals surface area (Å²) in [5.41, 5.74) is 9.63. The first kappa shape index (κ1) is 26.1. The van der Waals surface area contributed by atoms with Crippen molar-refractivity contribution in [3.63, 3.8) is 0 Å². The maximum atomic E-state index is 12.5. The minimum atomic E-state index is -1.86. The van der Waals surface area contributed by atoms with E-state index in [0.717, 1.165) is 5.56 Å². The molecule has 0 bridgehead atoms. The second-order valence-electron chi connectivity index (χ2n) is 9.92. The van der Waals surface area contributed by atoms with Gasteiger partial charge in [0.05, 0.1) is 6.42 Å². The molecule has 0 radical (unpaired) electrons. The van der Waals surface area contributed by atoms with Gasteiger partial charge in [-0.3, -0.25) is 19.2 Å². The largest absolute Gasteiger partial charge is 0.368 e. The standard InChI is InChI=1S/C24H34N4O4Si/c1-24(2,3)33(4,5)13-9-12-17(21(25)30)26-20(29)15-19-23(32)27-18(22(31)28-19)14-16-10-7-6-8-11-16/h6-8,10-11,17-19H,12,14-15H2,1-5H3,(H2,25,30)(H,26,29)(H,27,32)(H,28,31)/t17-,18+,19+/m1/s1. The summed E-state index contributed by atoms with van der Waals surface area (Å²) in [7, 11) is -1.86. The van der Waals surface area contributed by atoms with Crippen molar-refractivity contribution < 1.29 is 19.2 Å². The van der Waals surface area contributed by atoms with E-state index in [-0.39, 0.29) is 23.8 Å². The lowest BCUT2D eigenvalue weighted by Gasteiger charge is -2.31. The van der Waals surface area contributed by atoms with E-state index in [1.54, 1.807) is 0 Å². The Labute approximate surface area is 196 Å². The molecule has 178 valence electrons. The maximum Gasteiger partial charge on any atom is 0.243 e. The lowest BCUT2D eigenvalue weighted by Crippen LogP contribution is -2.63. The summed E-state index contributed by atoms with van der Waals surface area (Å²) in [4.78, 5) is 49.2. The van der Waals surface area contributed by atoms with Crippen LogP contribution in [0.4, 0.5) is 0 Å². The Bertz CT molecular complexity index is 960. The number of nitrogens with two attached hydrogens (primary N) is 1. The average Bonchev–Trinajstić information content (AvgIpc) is 2.70. The highest BCUT2D eigenvalue weighted by Gasteiger charge is 2.36. The van der Waals surface area contributed by atoms with E-state index in [9.17, 15) is 19.2 Å². The molecule has 1 saturated heterocycles. The average molecular weight is 471 g/mol. The van der Waals surface area contributed by atoms with Crippen molar-refractivity contribution in [1.82, 2.24) is 16.0 Å². The second kappa shape index (κ2) is 10.7. The van der Waals surface area contributed by atoms with E-state index in [1.807, 2.05) is 30.3 Å². The summed E-state index contributed by atoms with van der Waals surface area (Å²) in [6.45, 7) is 10.7. The van der Waals surface area contributed by atoms with Crippen LogP contribution in [0.1, 0.15) is 39.2 Å².